The Labute approximate surface area is 145 Å². The Kier molecular flexibility index (Phi) is 3.74. The summed E-state index contributed by atoms with van der Waals surface area (Å²) < 4.78 is 14.7. The quantitative estimate of drug-likeness (QED) is 0.909. The zero-order valence-electron chi connectivity index (χ0n) is 13.9. The lowest BCUT2D eigenvalue weighted by Gasteiger charge is -2.35. The maximum Gasteiger partial charge on any atom is 0.324 e. The van der Waals surface area contributed by atoms with Crippen LogP contribution in [-0.2, 0) is 15.1 Å². The van der Waals surface area contributed by atoms with Crippen LogP contribution in [0.15, 0.2) is 18.2 Å². The summed E-state index contributed by atoms with van der Waals surface area (Å²) >= 11 is 0. The Bertz CT molecular complexity index is 750. The molecule has 3 fully saturated rings. The van der Waals surface area contributed by atoms with Crippen molar-refractivity contribution in [2.24, 2.45) is 0 Å². The van der Waals surface area contributed by atoms with Crippen LogP contribution in [0.5, 0.6) is 0 Å². The number of amides is 3. The average molecular weight is 345 g/mol. The van der Waals surface area contributed by atoms with Crippen molar-refractivity contribution in [3.8, 4) is 0 Å². The van der Waals surface area contributed by atoms with Crippen LogP contribution in [0.3, 0.4) is 0 Å². The van der Waals surface area contributed by atoms with Crippen molar-refractivity contribution >= 4 is 23.4 Å². The number of Topliss-reactive ketones (excluding diaryl/α,β-unsaturated/α-hetero) is 1. The number of ketones is 1. The Hall–Kier alpha value is -2.44. The van der Waals surface area contributed by atoms with Gasteiger partial charge in [-0.1, -0.05) is 6.07 Å². The van der Waals surface area contributed by atoms with Gasteiger partial charge in [0, 0.05) is 38.9 Å². The molecule has 0 aromatic heterocycles. The lowest BCUT2D eigenvalue weighted by molar-refractivity contribution is -0.122. The zero-order chi connectivity index (χ0) is 17.6. The molecular weight excluding hydrogens is 325 g/mol. The molecule has 0 atom stereocenters. The van der Waals surface area contributed by atoms with Crippen molar-refractivity contribution in [1.82, 2.24) is 10.2 Å². The van der Waals surface area contributed by atoms with Gasteiger partial charge in [0.15, 0.2) is 0 Å². The highest BCUT2D eigenvalue weighted by atomic mass is 19.1. The Morgan fingerprint density at radius 2 is 1.72 bits per heavy atom. The van der Waals surface area contributed by atoms with Crippen LogP contribution in [0.25, 0.3) is 0 Å². The summed E-state index contributed by atoms with van der Waals surface area (Å²) in [5.41, 5.74) is 0.777. The number of anilines is 1. The molecule has 2 aliphatic heterocycles. The highest BCUT2D eigenvalue weighted by molar-refractivity contribution is 5.97. The molecule has 3 amide bonds. The van der Waals surface area contributed by atoms with Crippen molar-refractivity contribution in [2.75, 3.05) is 24.5 Å². The van der Waals surface area contributed by atoms with Gasteiger partial charge in [0.05, 0.1) is 11.2 Å². The molecule has 1 aromatic rings. The van der Waals surface area contributed by atoms with Crippen LogP contribution in [-0.4, -0.2) is 42.3 Å². The molecule has 1 saturated carbocycles. The number of piperidine rings is 1. The Balaban J connectivity index is 1.57. The summed E-state index contributed by atoms with van der Waals surface area (Å²) in [5, 5.41) is 2.34. The topological polar surface area (TPSA) is 69.7 Å². The third kappa shape index (κ3) is 2.77. The number of nitrogens with zero attached hydrogens (tertiary/aromatic N) is 2. The molecule has 0 bridgehead atoms. The van der Waals surface area contributed by atoms with Gasteiger partial charge in [-0.3, -0.25) is 14.9 Å². The molecule has 0 radical (unpaired) electrons. The monoisotopic (exact) mass is 345 g/mol. The largest absolute Gasteiger partial charge is 0.368 e. The lowest BCUT2D eigenvalue weighted by Crippen LogP contribution is -2.53. The average Bonchev–Trinajstić information content (AvgIpc) is 3.37. The number of imide groups is 1. The molecular formula is C18H20FN3O3. The third-order valence-electron chi connectivity index (χ3n) is 5.44. The maximum absolute atomic E-state index is 14.7. The van der Waals surface area contributed by atoms with Gasteiger partial charge in [-0.15, -0.1) is 0 Å². The number of nitrogens with one attached hydrogen (secondary N) is 1. The number of hydrogen-bond acceptors (Lipinski definition) is 4. The predicted molar refractivity (Wildman–Crippen MR) is 88.6 cm³/mol. The van der Waals surface area contributed by atoms with Crippen molar-refractivity contribution in [1.29, 1.82) is 0 Å². The van der Waals surface area contributed by atoms with Crippen LogP contribution in [0.1, 0.15) is 37.7 Å². The number of carbonyl (C=O) groups excluding carboxylic acids is 3. The minimum atomic E-state index is -0.498. The van der Waals surface area contributed by atoms with E-state index in [-0.39, 0.29) is 23.9 Å². The molecule has 0 spiro atoms. The Morgan fingerprint density at radius 1 is 1.00 bits per heavy atom. The summed E-state index contributed by atoms with van der Waals surface area (Å²) in [6.07, 6.45) is 2.72. The fourth-order valence-corrected chi connectivity index (χ4v) is 3.86. The summed E-state index contributed by atoms with van der Waals surface area (Å²) in [7, 11) is 0. The van der Waals surface area contributed by atoms with Gasteiger partial charge in [0.2, 0.25) is 5.91 Å². The lowest BCUT2D eigenvalue weighted by atomic mass is 10.0. The first-order chi connectivity index (χ1) is 12.0. The number of rotatable bonds is 3. The van der Waals surface area contributed by atoms with E-state index in [1.165, 1.54) is 6.07 Å². The minimum Gasteiger partial charge on any atom is -0.368 e. The fraction of sp³-hybridized carbons (Fsp3) is 0.500. The molecule has 2 saturated heterocycles. The minimum absolute atomic E-state index is 0.218. The second-order valence-electron chi connectivity index (χ2n) is 6.98. The molecule has 2 heterocycles. The van der Waals surface area contributed by atoms with E-state index >= 15 is 0 Å². The molecule has 1 N–H and O–H groups in total. The van der Waals surface area contributed by atoms with Crippen molar-refractivity contribution < 1.29 is 18.8 Å². The standard InChI is InChI=1S/C18H20FN3O3/c19-14-11-12(1-2-15(14)21-8-3-13(23)4-9-21)18(6-7-18)22-10-5-16(24)20-17(22)25/h1-2,11H,3-10H2,(H,20,24,25). The normalized spacial score (nSPS) is 22.8. The molecule has 0 unspecified atom stereocenters. The van der Waals surface area contributed by atoms with E-state index in [9.17, 15) is 18.8 Å². The number of carbonyl (C=O) groups is 3. The van der Waals surface area contributed by atoms with Crippen LogP contribution < -0.4 is 10.2 Å². The first kappa shape index (κ1) is 16.1. The predicted octanol–water partition coefficient (Wildman–Crippen LogP) is 1.93. The Morgan fingerprint density at radius 3 is 2.32 bits per heavy atom. The van der Waals surface area contributed by atoms with E-state index < -0.39 is 11.6 Å². The molecule has 6 nitrogen and oxygen atoms in total. The highest BCUT2D eigenvalue weighted by Gasteiger charge is 2.53. The summed E-state index contributed by atoms with van der Waals surface area (Å²) in [6, 6.07) is 4.72. The van der Waals surface area contributed by atoms with E-state index in [2.05, 4.69) is 5.32 Å². The van der Waals surface area contributed by atoms with Gasteiger partial charge >= 0.3 is 6.03 Å². The smallest absolute Gasteiger partial charge is 0.324 e. The van der Waals surface area contributed by atoms with Crippen molar-refractivity contribution in [2.45, 2.75) is 37.6 Å². The molecule has 132 valence electrons. The molecule has 25 heavy (non-hydrogen) atoms. The number of urea groups is 1. The van der Waals surface area contributed by atoms with Crippen LogP contribution in [0.4, 0.5) is 14.9 Å². The summed E-state index contributed by atoms with van der Waals surface area (Å²) in [6.45, 7) is 1.44. The van der Waals surface area contributed by atoms with Gasteiger partial charge in [-0.25, -0.2) is 9.18 Å². The number of benzene rings is 1. The van der Waals surface area contributed by atoms with Gasteiger partial charge in [-0.2, -0.15) is 0 Å². The summed E-state index contributed by atoms with van der Waals surface area (Å²) in [5.74, 6) is -0.374. The second kappa shape index (κ2) is 5.82. The number of halogens is 1. The van der Waals surface area contributed by atoms with E-state index in [0.717, 1.165) is 18.4 Å². The van der Waals surface area contributed by atoms with Crippen LogP contribution >= 0.6 is 0 Å². The first-order valence-corrected chi connectivity index (χ1v) is 8.68. The second-order valence-corrected chi connectivity index (χ2v) is 6.98. The fourth-order valence-electron chi connectivity index (χ4n) is 3.86. The van der Waals surface area contributed by atoms with E-state index in [1.807, 2.05) is 11.0 Å². The summed E-state index contributed by atoms with van der Waals surface area (Å²) in [4.78, 5) is 38.4. The van der Waals surface area contributed by atoms with Crippen molar-refractivity contribution in [3.05, 3.63) is 29.6 Å². The van der Waals surface area contributed by atoms with Gasteiger partial charge in [0.25, 0.3) is 0 Å². The number of hydrogen-bond donors (Lipinski definition) is 1. The molecule has 4 rings (SSSR count). The molecule has 3 aliphatic rings. The van der Waals surface area contributed by atoms with Crippen LogP contribution in [0, 0.1) is 5.82 Å². The van der Waals surface area contributed by atoms with Gasteiger partial charge < -0.3 is 9.80 Å². The molecule has 1 aliphatic carbocycles. The molecule has 1 aromatic carbocycles. The highest BCUT2D eigenvalue weighted by Crippen LogP contribution is 2.52. The zero-order valence-corrected chi connectivity index (χ0v) is 13.9. The SMILES string of the molecule is O=C1CCN(c2ccc(C3(N4CCC(=O)NC4=O)CC3)cc2F)CC1. The van der Waals surface area contributed by atoms with Crippen molar-refractivity contribution in [3.63, 3.8) is 0 Å². The third-order valence-corrected chi connectivity index (χ3v) is 5.44. The molecule has 7 heteroatoms. The van der Waals surface area contributed by atoms with E-state index in [4.69, 9.17) is 0 Å². The first-order valence-electron chi connectivity index (χ1n) is 8.68. The van der Waals surface area contributed by atoms with Gasteiger partial charge in [0.1, 0.15) is 11.6 Å². The van der Waals surface area contributed by atoms with E-state index in [0.29, 0.717) is 38.2 Å². The van der Waals surface area contributed by atoms with Gasteiger partial charge in [-0.05, 0) is 30.5 Å². The van der Waals surface area contributed by atoms with Crippen LogP contribution in [0.2, 0.25) is 0 Å². The maximum atomic E-state index is 14.7. The van der Waals surface area contributed by atoms with E-state index in [1.54, 1.807) is 11.0 Å².